The minimum absolute atomic E-state index is 0.539. The van der Waals surface area contributed by atoms with Crippen LogP contribution in [0.15, 0.2) is 0 Å². The number of hydrogen-bond donors (Lipinski definition) is 0. The van der Waals surface area contributed by atoms with Crippen LogP contribution in [0.4, 0.5) is 0 Å². The van der Waals surface area contributed by atoms with Crippen LogP contribution in [0, 0.1) is 0 Å². The van der Waals surface area contributed by atoms with Crippen molar-refractivity contribution in [2.75, 3.05) is 140 Å². The largest absolute Gasteiger partial charge is 0.379 e. The van der Waals surface area contributed by atoms with E-state index in [0.717, 1.165) is 26.2 Å². The van der Waals surface area contributed by atoms with Gasteiger partial charge in [-0.25, -0.2) is 0 Å². The quantitative estimate of drug-likeness (QED) is 0.0758. The van der Waals surface area contributed by atoms with E-state index in [1.165, 1.54) is 77.0 Å². The maximum atomic E-state index is 5.67. The molecule has 10 nitrogen and oxygen atoms in total. The first kappa shape index (κ1) is 44.6. The van der Waals surface area contributed by atoms with Gasteiger partial charge >= 0.3 is 0 Å². The molecule has 45 heavy (non-hydrogen) atoms. The van der Waals surface area contributed by atoms with Crippen molar-refractivity contribution in [1.29, 1.82) is 0 Å². The van der Waals surface area contributed by atoms with Gasteiger partial charge in [0.05, 0.1) is 112 Å². The zero-order chi connectivity index (χ0) is 32.6. The summed E-state index contributed by atoms with van der Waals surface area (Å²) in [6.07, 6.45) is 17.8. The van der Waals surface area contributed by atoms with Gasteiger partial charge in [-0.15, -0.1) is 0 Å². The summed E-state index contributed by atoms with van der Waals surface area (Å²) in [6, 6.07) is 0. The van der Waals surface area contributed by atoms with Crippen LogP contribution in [0.25, 0.3) is 0 Å². The highest BCUT2D eigenvalue weighted by atomic mass is 16.6. The fourth-order valence-corrected chi connectivity index (χ4v) is 4.33. The van der Waals surface area contributed by atoms with Crippen molar-refractivity contribution in [2.45, 2.75) is 90.4 Å². The maximum absolute atomic E-state index is 5.67. The van der Waals surface area contributed by atoms with Crippen LogP contribution in [0.2, 0.25) is 0 Å². The summed E-state index contributed by atoms with van der Waals surface area (Å²) in [6.45, 7) is 13.9. The van der Waals surface area contributed by atoms with Gasteiger partial charge in [0.1, 0.15) is 0 Å². The Morgan fingerprint density at radius 2 is 0.489 bits per heavy atom. The number of rotatable bonds is 41. The SMILES string of the molecule is CCCCCCCCCCCCCCCOCCOCCOCCOCCOCCOCCOCCOCCOCCN(C)C. The van der Waals surface area contributed by atoms with E-state index >= 15 is 0 Å². The molecule has 0 aromatic heterocycles. The van der Waals surface area contributed by atoms with Crippen molar-refractivity contribution in [3.05, 3.63) is 0 Å². The first-order valence-corrected chi connectivity index (χ1v) is 18.1. The molecule has 0 spiro atoms. The molecule has 0 fully saturated rings. The van der Waals surface area contributed by atoms with Crippen LogP contribution in [0.1, 0.15) is 90.4 Å². The molecule has 0 saturated carbocycles. The minimum Gasteiger partial charge on any atom is -0.379 e. The van der Waals surface area contributed by atoms with Crippen LogP contribution < -0.4 is 0 Å². The van der Waals surface area contributed by atoms with Crippen molar-refractivity contribution >= 4 is 0 Å². The lowest BCUT2D eigenvalue weighted by Crippen LogP contribution is -2.19. The molecule has 10 heteroatoms. The Morgan fingerprint density at radius 1 is 0.267 bits per heavy atom. The number of nitrogens with zero attached hydrogens (tertiary/aromatic N) is 1. The highest BCUT2D eigenvalue weighted by Crippen LogP contribution is 2.12. The van der Waals surface area contributed by atoms with Crippen LogP contribution in [0.3, 0.4) is 0 Å². The van der Waals surface area contributed by atoms with E-state index in [1.807, 2.05) is 14.1 Å². The summed E-state index contributed by atoms with van der Waals surface area (Å²) < 4.78 is 49.7. The highest BCUT2D eigenvalue weighted by Gasteiger charge is 1.97. The number of likely N-dealkylation sites (N-methyl/N-ethyl adjacent to an activating group) is 1. The Labute approximate surface area is 277 Å². The van der Waals surface area contributed by atoms with Crippen molar-refractivity contribution in [3.8, 4) is 0 Å². The fourth-order valence-electron chi connectivity index (χ4n) is 4.33. The molecular weight excluding hydrogens is 578 g/mol. The van der Waals surface area contributed by atoms with Gasteiger partial charge in [-0.1, -0.05) is 84.0 Å². The molecule has 0 aliphatic rings. The predicted octanol–water partition coefficient (Wildman–Crippen LogP) is 5.79. The van der Waals surface area contributed by atoms with E-state index in [-0.39, 0.29) is 0 Å². The number of ether oxygens (including phenoxy) is 9. The first-order valence-electron chi connectivity index (χ1n) is 18.1. The van der Waals surface area contributed by atoms with Crippen LogP contribution in [-0.4, -0.2) is 144 Å². The van der Waals surface area contributed by atoms with Gasteiger partial charge in [0.15, 0.2) is 0 Å². The zero-order valence-electron chi connectivity index (χ0n) is 29.7. The van der Waals surface area contributed by atoms with Gasteiger partial charge in [0.2, 0.25) is 0 Å². The van der Waals surface area contributed by atoms with Crippen molar-refractivity contribution in [2.24, 2.45) is 0 Å². The first-order chi connectivity index (χ1) is 22.3. The lowest BCUT2D eigenvalue weighted by molar-refractivity contribution is -0.0251. The standard InChI is InChI=1S/C35H73NO9/c1-4-5-6-7-8-9-10-11-12-13-14-15-16-18-37-20-22-39-24-26-41-28-30-43-32-34-45-35-33-44-31-29-42-27-25-40-23-21-38-19-17-36(2)3/h4-35H2,1-3H3. The minimum atomic E-state index is 0.539. The molecule has 0 aromatic rings. The Balaban J connectivity index is 3.04. The normalized spacial score (nSPS) is 11.7. The van der Waals surface area contributed by atoms with Crippen molar-refractivity contribution in [3.63, 3.8) is 0 Å². The third kappa shape index (κ3) is 43.6. The Bertz CT molecular complexity index is 518. The van der Waals surface area contributed by atoms with Crippen LogP contribution in [-0.2, 0) is 42.6 Å². The third-order valence-electron chi connectivity index (χ3n) is 7.05. The number of hydrogen-bond acceptors (Lipinski definition) is 10. The molecule has 0 aliphatic carbocycles. The van der Waals surface area contributed by atoms with Crippen LogP contribution in [0.5, 0.6) is 0 Å². The molecule has 0 unspecified atom stereocenters. The predicted molar refractivity (Wildman–Crippen MR) is 182 cm³/mol. The topological polar surface area (TPSA) is 86.3 Å². The van der Waals surface area contributed by atoms with Crippen molar-refractivity contribution in [1.82, 2.24) is 4.90 Å². The Morgan fingerprint density at radius 3 is 0.756 bits per heavy atom. The smallest absolute Gasteiger partial charge is 0.0701 e. The molecule has 0 heterocycles. The second-order valence-electron chi connectivity index (χ2n) is 11.6. The second kappa shape index (κ2) is 41.6. The molecule has 0 aromatic carbocycles. The van der Waals surface area contributed by atoms with E-state index in [2.05, 4.69) is 11.8 Å². The molecule has 0 atom stereocenters. The van der Waals surface area contributed by atoms with Gasteiger partial charge in [-0.3, -0.25) is 0 Å². The highest BCUT2D eigenvalue weighted by molar-refractivity contribution is 4.49. The van der Waals surface area contributed by atoms with E-state index in [4.69, 9.17) is 42.6 Å². The van der Waals surface area contributed by atoms with E-state index in [1.54, 1.807) is 0 Å². The van der Waals surface area contributed by atoms with Gasteiger partial charge in [0.25, 0.3) is 0 Å². The third-order valence-corrected chi connectivity index (χ3v) is 7.05. The van der Waals surface area contributed by atoms with Gasteiger partial charge in [-0.05, 0) is 20.5 Å². The van der Waals surface area contributed by atoms with E-state index < -0.39 is 0 Å². The summed E-state index contributed by atoms with van der Waals surface area (Å²) in [5.41, 5.74) is 0. The summed E-state index contributed by atoms with van der Waals surface area (Å²) in [4.78, 5) is 2.09. The molecule has 0 N–H and O–H groups in total. The molecular formula is C35H73NO9. The average Bonchev–Trinajstić information content (AvgIpc) is 3.03. The zero-order valence-corrected chi connectivity index (χ0v) is 29.7. The second-order valence-corrected chi connectivity index (χ2v) is 11.6. The molecule has 0 rings (SSSR count). The summed E-state index contributed by atoms with van der Waals surface area (Å²) >= 11 is 0. The maximum Gasteiger partial charge on any atom is 0.0701 e. The summed E-state index contributed by atoms with van der Waals surface area (Å²) in [5.74, 6) is 0. The molecule has 0 aliphatic heterocycles. The average molecular weight is 652 g/mol. The Hall–Kier alpha value is -0.400. The summed E-state index contributed by atoms with van der Waals surface area (Å²) in [7, 11) is 4.05. The van der Waals surface area contributed by atoms with Crippen molar-refractivity contribution < 1.29 is 42.6 Å². The van der Waals surface area contributed by atoms with Crippen LogP contribution >= 0.6 is 0 Å². The number of unbranched alkanes of at least 4 members (excludes halogenated alkanes) is 12. The fraction of sp³-hybridized carbons (Fsp3) is 1.00. The molecule has 0 saturated heterocycles. The monoisotopic (exact) mass is 652 g/mol. The van der Waals surface area contributed by atoms with E-state index in [9.17, 15) is 0 Å². The lowest BCUT2D eigenvalue weighted by Gasteiger charge is -2.10. The molecule has 0 radical (unpaired) electrons. The molecule has 272 valence electrons. The Kier molecular flexibility index (Phi) is 41.3. The molecule has 0 bridgehead atoms. The van der Waals surface area contributed by atoms with Gasteiger partial charge < -0.3 is 47.5 Å². The van der Waals surface area contributed by atoms with Gasteiger partial charge in [0, 0.05) is 13.2 Å². The van der Waals surface area contributed by atoms with E-state index in [0.29, 0.717) is 106 Å². The van der Waals surface area contributed by atoms with Gasteiger partial charge in [-0.2, -0.15) is 0 Å². The summed E-state index contributed by atoms with van der Waals surface area (Å²) in [5, 5.41) is 0. The lowest BCUT2D eigenvalue weighted by atomic mass is 10.0. The molecule has 0 amide bonds.